The van der Waals surface area contributed by atoms with Gasteiger partial charge in [-0.15, -0.1) is 0 Å². The third-order valence-electron chi connectivity index (χ3n) is 5.32. The quantitative estimate of drug-likeness (QED) is 0.819. The summed E-state index contributed by atoms with van der Waals surface area (Å²) in [4.78, 5) is 13.5. The molecule has 4 nitrogen and oxygen atoms in total. The number of primary amides is 1. The average Bonchev–Trinajstić information content (AvgIpc) is 2.48. The van der Waals surface area contributed by atoms with Gasteiger partial charge in [-0.25, -0.2) is 13.6 Å². The van der Waals surface area contributed by atoms with Gasteiger partial charge in [0.25, 0.3) is 0 Å². The lowest BCUT2D eigenvalue weighted by molar-refractivity contribution is -0.0492. The van der Waals surface area contributed by atoms with Gasteiger partial charge in [0.2, 0.25) is 5.92 Å². The third-order valence-corrected chi connectivity index (χ3v) is 5.32. The SMILES string of the molecule is CNC[C@H](CC1CCC(F)(F)CC1)C1CCCCN1C(N)=O. The molecule has 2 fully saturated rings. The van der Waals surface area contributed by atoms with Crippen LogP contribution in [0.3, 0.4) is 0 Å². The summed E-state index contributed by atoms with van der Waals surface area (Å²) in [6.45, 7) is 1.53. The molecule has 1 saturated carbocycles. The van der Waals surface area contributed by atoms with Gasteiger partial charge in [0.05, 0.1) is 0 Å². The predicted octanol–water partition coefficient (Wildman–Crippen LogP) is 2.97. The molecule has 0 aromatic rings. The van der Waals surface area contributed by atoms with Crippen molar-refractivity contribution in [3.05, 3.63) is 0 Å². The minimum Gasteiger partial charge on any atom is -0.351 e. The highest BCUT2D eigenvalue weighted by Crippen LogP contribution is 2.39. The smallest absolute Gasteiger partial charge is 0.315 e. The van der Waals surface area contributed by atoms with E-state index in [1.165, 1.54) is 0 Å². The number of nitrogens with one attached hydrogen (secondary N) is 1. The van der Waals surface area contributed by atoms with Gasteiger partial charge >= 0.3 is 6.03 Å². The number of alkyl halides is 2. The largest absolute Gasteiger partial charge is 0.351 e. The first-order chi connectivity index (χ1) is 10.4. The second-order valence-electron chi connectivity index (χ2n) is 6.95. The first-order valence-corrected chi connectivity index (χ1v) is 8.51. The summed E-state index contributed by atoms with van der Waals surface area (Å²) in [5, 5.41) is 3.20. The van der Waals surface area contributed by atoms with Gasteiger partial charge in [-0.05, 0) is 64.0 Å². The number of hydrogen-bond donors (Lipinski definition) is 2. The lowest BCUT2D eigenvalue weighted by Crippen LogP contribution is -2.52. The standard InChI is InChI=1S/C16H29F2N3O/c1-20-11-13(10-12-5-7-16(17,18)8-6-12)14-4-2-3-9-21(14)15(19)22/h12-14,20H,2-11H2,1H3,(H2,19,22)/t13-,14?/m0/s1. The van der Waals surface area contributed by atoms with Crippen LogP contribution in [0.25, 0.3) is 0 Å². The number of piperidine rings is 1. The lowest BCUT2D eigenvalue weighted by Gasteiger charge is -2.41. The van der Waals surface area contributed by atoms with Gasteiger partial charge < -0.3 is 16.0 Å². The molecule has 2 amide bonds. The number of carbonyl (C=O) groups excluding carboxylic acids is 1. The topological polar surface area (TPSA) is 58.4 Å². The minimum atomic E-state index is -2.47. The van der Waals surface area contributed by atoms with Gasteiger partial charge in [-0.1, -0.05) is 0 Å². The Morgan fingerprint density at radius 3 is 2.59 bits per heavy atom. The fourth-order valence-electron chi connectivity index (χ4n) is 4.12. The Morgan fingerprint density at radius 1 is 1.32 bits per heavy atom. The van der Waals surface area contributed by atoms with Crippen molar-refractivity contribution in [2.45, 2.75) is 63.3 Å². The van der Waals surface area contributed by atoms with Gasteiger partial charge in [0, 0.05) is 25.4 Å². The average molecular weight is 317 g/mol. The van der Waals surface area contributed by atoms with Crippen LogP contribution >= 0.6 is 0 Å². The van der Waals surface area contributed by atoms with E-state index in [0.717, 1.165) is 38.8 Å². The lowest BCUT2D eigenvalue weighted by atomic mass is 9.77. The Bertz CT molecular complexity index is 368. The maximum absolute atomic E-state index is 13.3. The second kappa shape index (κ2) is 7.57. The van der Waals surface area contributed by atoms with Gasteiger partial charge in [0.15, 0.2) is 0 Å². The van der Waals surface area contributed by atoms with Crippen LogP contribution in [-0.4, -0.2) is 43.0 Å². The van der Waals surface area contributed by atoms with Gasteiger partial charge in [-0.2, -0.15) is 0 Å². The van der Waals surface area contributed by atoms with Crippen molar-refractivity contribution in [1.29, 1.82) is 0 Å². The summed E-state index contributed by atoms with van der Waals surface area (Å²) in [6, 6.07) is -0.192. The molecule has 0 aromatic carbocycles. The fourth-order valence-corrected chi connectivity index (χ4v) is 4.12. The van der Waals surface area contributed by atoms with Crippen molar-refractivity contribution in [2.75, 3.05) is 20.1 Å². The van der Waals surface area contributed by atoms with Crippen LogP contribution in [0.1, 0.15) is 51.4 Å². The Morgan fingerprint density at radius 2 is 2.00 bits per heavy atom. The fraction of sp³-hybridized carbons (Fsp3) is 0.938. The second-order valence-corrected chi connectivity index (χ2v) is 6.95. The van der Waals surface area contributed by atoms with Crippen LogP contribution in [0.5, 0.6) is 0 Å². The number of nitrogens with zero attached hydrogens (tertiary/aromatic N) is 1. The third kappa shape index (κ3) is 4.54. The van der Waals surface area contributed by atoms with Gasteiger partial charge in [-0.3, -0.25) is 0 Å². The molecule has 128 valence electrons. The van der Waals surface area contributed by atoms with E-state index in [-0.39, 0.29) is 24.9 Å². The van der Waals surface area contributed by atoms with E-state index >= 15 is 0 Å². The van der Waals surface area contributed by atoms with Crippen LogP contribution in [-0.2, 0) is 0 Å². The number of carbonyl (C=O) groups is 1. The molecule has 0 spiro atoms. The number of rotatable bonds is 5. The first kappa shape index (κ1) is 17.4. The van der Waals surface area contributed by atoms with E-state index in [9.17, 15) is 13.6 Å². The monoisotopic (exact) mass is 317 g/mol. The Hall–Kier alpha value is -0.910. The molecule has 1 unspecified atom stereocenters. The van der Waals surface area contributed by atoms with Crippen molar-refractivity contribution < 1.29 is 13.6 Å². The summed E-state index contributed by atoms with van der Waals surface area (Å²) in [6.07, 6.45) is 5.19. The molecule has 1 aliphatic heterocycles. The molecule has 3 N–H and O–H groups in total. The van der Waals surface area contributed by atoms with Crippen molar-refractivity contribution in [2.24, 2.45) is 17.6 Å². The Kier molecular flexibility index (Phi) is 6.01. The van der Waals surface area contributed by atoms with Gasteiger partial charge in [0.1, 0.15) is 0 Å². The molecule has 1 heterocycles. The zero-order valence-electron chi connectivity index (χ0n) is 13.5. The highest BCUT2D eigenvalue weighted by Gasteiger charge is 2.38. The van der Waals surface area contributed by atoms with Crippen LogP contribution in [0, 0.1) is 11.8 Å². The zero-order chi connectivity index (χ0) is 16.2. The molecule has 0 bridgehead atoms. The van der Waals surface area contributed by atoms with E-state index in [4.69, 9.17) is 5.73 Å². The summed E-state index contributed by atoms with van der Waals surface area (Å²) < 4.78 is 26.6. The number of urea groups is 1. The molecule has 1 aliphatic carbocycles. The maximum Gasteiger partial charge on any atom is 0.315 e. The molecule has 6 heteroatoms. The van der Waals surface area contributed by atoms with Crippen LogP contribution in [0.4, 0.5) is 13.6 Å². The molecule has 2 atom stereocenters. The summed E-state index contributed by atoms with van der Waals surface area (Å²) in [7, 11) is 1.90. The first-order valence-electron chi connectivity index (χ1n) is 8.51. The molecule has 2 rings (SSSR count). The van der Waals surface area contributed by atoms with Crippen LogP contribution in [0.15, 0.2) is 0 Å². The molecule has 0 aromatic heterocycles. The van der Waals surface area contributed by atoms with E-state index < -0.39 is 5.92 Å². The predicted molar refractivity (Wildman–Crippen MR) is 82.9 cm³/mol. The normalized spacial score (nSPS) is 27.6. The molecule has 1 saturated heterocycles. The summed E-state index contributed by atoms with van der Waals surface area (Å²) >= 11 is 0. The highest BCUT2D eigenvalue weighted by atomic mass is 19.3. The molecule has 2 aliphatic rings. The van der Waals surface area contributed by atoms with Crippen molar-refractivity contribution >= 4 is 6.03 Å². The van der Waals surface area contributed by atoms with Crippen LogP contribution in [0.2, 0.25) is 0 Å². The summed E-state index contributed by atoms with van der Waals surface area (Å²) in [5.41, 5.74) is 5.53. The van der Waals surface area contributed by atoms with Crippen molar-refractivity contribution in [3.8, 4) is 0 Å². The summed E-state index contributed by atoms with van der Waals surface area (Å²) in [5.74, 6) is -1.83. The number of nitrogens with two attached hydrogens (primary N) is 1. The zero-order valence-corrected chi connectivity index (χ0v) is 13.5. The van der Waals surface area contributed by atoms with E-state index in [2.05, 4.69) is 5.32 Å². The number of amides is 2. The maximum atomic E-state index is 13.3. The van der Waals surface area contributed by atoms with E-state index in [1.54, 1.807) is 4.90 Å². The number of halogens is 2. The van der Waals surface area contributed by atoms with E-state index in [0.29, 0.717) is 24.7 Å². The Labute approximate surface area is 131 Å². The van der Waals surface area contributed by atoms with Crippen molar-refractivity contribution in [3.63, 3.8) is 0 Å². The molecular formula is C16H29F2N3O. The van der Waals surface area contributed by atoms with Crippen molar-refractivity contribution in [1.82, 2.24) is 10.2 Å². The number of hydrogen-bond acceptors (Lipinski definition) is 2. The molecule has 0 radical (unpaired) electrons. The molecule has 22 heavy (non-hydrogen) atoms. The van der Waals surface area contributed by atoms with Crippen LogP contribution < -0.4 is 11.1 Å². The minimum absolute atomic E-state index is 0.00808. The highest BCUT2D eigenvalue weighted by molar-refractivity contribution is 5.72. The van der Waals surface area contributed by atoms with E-state index in [1.807, 2.05) is 7.05 Å². The number of likely N-dealkylation sites (tertiary alicyclic amines) is 1. The Balaban J connectivity index is 1.98. The molecular weight excluding hydrogens is 288 g/mol.